The Morgan fingerprint density at radius 3 is 2.65 bits per heavy atom. The Labute approximate surface area is 126 Å². The van der Waals surface area contributed by atoms with Gasteiger partial charge in [0.2, 0.25) is 10.0 Å². The van der Waals surface area contributed by atoms with Crippen molar-refractivity contribution in [3.8, 4) is 0 Å². The van der Waals surface area contributed by atoms with Crippen molar-refractivity contribution < 1.29 is 8.42 Å². The average molecular weight is 316 g/mol. The Morgan fingerprint density at radius 1 is 1.30 bits per heavy atom. The first-order valence-corrected chi connectivity index (χ1v) is 9.64. The minimum atomic E-state index is -3.42. The SMILES string of the molecule is CCNCc1sccc1S(=O)(=O)NC1(C)CCCCC1. The van der Waals surface area contributed by atoms with Crippen molar-refractivity contribution in [2.75, 3.05) is 6.54 Å². The van der Waals surface area contributed by atoms with Crippen LogP contribution in [-0.2, 0) is 16.6 Å². The third-order valence-corrected chi connectivity index (χ3v) is 6.64. The molecule has 6 heteroatoms. The normalized spacial score (nSPS) is 19.1. The van der Waals surface area contributed by atoms with Crippen LogP contribution in [0.1, 0.15) is 50.8 Å². The van der Waals surface area contributed by atoms with Gasteiger partial charge < -0.3 is 5.32 Å². The molecular formula is C14H24N2O2S2. The minimum absolute atomic E-state index is 0.283. The molecule has 1 aromatic heterocycles. The molecule has 1 aromatic rings. The number of sulfonamides is 1. The minimum Gasteiger partial charge on any atom is -0.312 e. The molecule has 1 aliphatic rings. The summed E-state index contributed by atoms with van der Waals surface area (Å²) >= 11 is 1.50. The first kappa shape index (κ1) is 15.9. The first-order valence-electron chi connectivity index (χ1n) is 7.28. The molecule has 4 nitrogen and oxygen atoms in total. The zero-order valence-electron chi connectivity index (χ0n) is 12.2. The molecule has 1 heterocycles. The molecule has 1 aliphatic carbocycles. The number of hydrogen-bond donors (Lipinski definition) is 2. The second-order valence-electron chi connectivity index (χ2n) is 5.72. The Bertz CT molecular complexity index is 531. The lowest BCUT2D eigenvalue weighted by atomic mass is 9.84. The van der Waals surface area contributed by atoms with E-state index < -0.39 is 10.0 Å². The van der Waals surface area contributed by atoms with Gasteiger partial charge in [0.15, 0.2) is 0 Å². The summed E-state index contributed by atoms with van der Waals surface area (Å²) in [5.41, 5.74) is -0.283. The van der Waals surface area contributed by atoms with Gasteiger partial charge >= 0.3 is 0 Å². The van der Waals surface area contributed by atoms with Crippen LogP contribution in [-0.4, -0.2) is 20.5 Å². The second kappa shape index (κ2) is 6.56. The van der Waals surface area contributed by atoms with Crippen LogP contribution in [0.15, 0.2) is 16.3 Å². The van der Waals surface area contributed by atoms with Crippen LogP contribution in [0.5, 0.6) is 0 Å². The molecule has 20 heavy (non-hydrogen) atoms. The van der Waals surface area contributed by atoms with Gasteiger partial charge in [0, 0.05) is 17.0 Å². The Morgan fingerprint density at radius 2 is 2.00 bits per heavy atom. The lowest BCUT2D eigenvalue weighted by Crippen LogP contribution is -2.47. The average Bonchev–Trinajstić information content (AvgIpc) is 2.85. The fraction of sp³-hybridized carbons (Fsp3) is 0.714. The molecule has 2 rings (SSSR count). The van der Waals surface area contributed by atoms with Gasteiger partial charge in [0.25, 0.3) is 0 Å². The van der Waals surface area contributed by atoms with Crippen LogP contribution in [0.4, 0.5) is 0 Å². The molecule has 1 fully saturated rings. The smallest absolute Gasteiger partial charge is 0.242 e. The van der Waals surface area contributed by atoms with Crippen molar-refractivity contribution in [3.63, 3.8) is 0 Å². The Balaban J connectivity index is 2.15. The molecule has 0 amide bonds. The third kappa shape index (κ3) is 3.81. The Kier molecular flexibility index (Phi) is 5.23. The quantitative estimate of drug-likeness (QED) is 0.848. The monoisotopic (exact) mass is 316 g/mol. The number of rotatable bonds is 6. The standard InChI is InChI=1S/C14H24N2O2S2/c1-3-15-11-12-13(7-10-19-12)20(17,18)16-14(2)8-5-4-6-9-14/h7,10,15-16H,3-6,8-9,11H2,1-2H3. The highest BCUT2D eigenvalue weighted by atomic mass is 32.2. The van der Waals surface area contributed by atoms with Crippen LogP contribution in [0.2, 0.25) is 0 Å². The highest BCUT2D eigenvalue weighted by molar-refractivity contribution is 7.89. The fourth-order valence-electron chi connectivity index (χ4n) is 2.75. The van der Waals surface area contributed by atoms with E-state index in [2.05, 4.69) is 10.0 Å². The first-order chi connectivity index (χ1) is 9.47. The van der Waals surface area contributed by atoms with Gasteiger partial charge in [-0.2, -0.15) is 0 Å². The van der Waals surface area contributed by atoms with Crippen molar-refractivity contribution in [2.45, 2.75) is 62.9 Å². The van der Waals surface area contributed by atoms with Crippen LogP contribution >= 0.6 is 11.3 Å². The van der Waals surface area contributed by atoms with Crippen molar-refractivity contribution >= 4 is 21.4 Å². The van der Waals surface area contributed by atoms with Crippen molar-refractivity contribution in [1.29, 1.82) is 0 Å². The summed E-state index contributed by atoms with van der Waals surface area (Å²) in [5.74, 6) is 0. The van der Waals surface area contributed by atoms with Gasteiger partial charge in [-0.1, -0.05) is 26.2 Å². The zero-order chi connectivity index (χ0) is 14.6. The van der Waals surface area contributed by atoms with E-state index in [0.29, 0.717) is 11.4 Å². The second-order valence-corrected chi connectivity index (χ2v) is 8.37. The summed E-state index contributed by atoms with van der Waals surface area (Å²) in [5, 5.41) is 5.05. The molecule has 0 aromatic carbocycles. The summed E-state index contributed by atoms with van der Waals surface area (Å²) in [6.07, 6.45) is 5.28. The van der Waals surface area contributed by atoms with Gasteiger partial charge in [-0.25, -0.2) is 13.1 Å². The highest BCUT2D eigenvalue weighted by Gasteiger charge is 2.33. The van der Waals surface area contributed by atoms with E-state index in [1.54, 1.807) is 6.07 Å². The van der Waals surface area contributed by atoms with E-state index in [-0.39, 0.29) is 5.54 Å². The van der Waals surface area contributed by atoms with Crippen molar-refractivity contribution in [3.05, 3.63) is 16.3 Å². The highest BCUT2D eigenvalue weighted by Crippen LogP contribution is 2.30. The molecule has 114 valence electrons. The van der Waals surface area contributed by atoms with E-state index >= 15 is 0 Å². The maximum Gasteiger partial charge on any atom is 0.242 e. The van der Waals surface area contributed by atoms with Crippen LogP contribution in [0.25, 0.3) is 0 Å². The maximum absolute atomic E-state index is 12.6. The van der Waals surface area contributed by atoms with Crippen molar-refractivity contribution in [1.82, 2.24) is 10.0 Å². The summed E-state index contributed by atoms with van der Waals surface area (Å²) in [4.78, 5) is 1.33. The molecule has 0 aliphatic heterocycles. The molecule has 1 saturated carbocycles. The van der Waals surface area contributed by atoms with E-state index in [1.807, 2.05) is 19.2 Å². The third-order valence-electron chi connectivity index (χ3n) is 3.87. The van der Waals surface area contributed by atoms with Gasteiger partial charge in [-0.3, -0.25) is 0 Å². The molecule has 2 N–H and O–H groups in total. The van der Waals surface area contributed by atoms with Crippen LogP contribution in [0, 0.1) is 0 Å². The van der Waals surface area contributed by atoms with E-state index in [0.717, 1.165) is 37.1 Å². The van der Waals surface area contributed by atoms with E-state index in [4.69, 9.17) is 0 Å². The number of nitrogens with one attached hydrogen (secondary N) is 2. The maximum atomic E-state index is 12.6. The predicted molar refractivity (Wildman–Crippen MR) is 83.5 cm³/mol. The summed E-state index contributed by atoms with van der Waals surface area (Å²) in [7, 11) is -3.42. The van der Waals surface area contributed by atoms with Gasteiger partial charge in [0.05, 0.1) is 4.90 Å². The van der Waals surface area contributed by atoms with Crippen molar-refractivity contribution in [2.24, 2.45) is 0 Å². The molecular weight excluding hydrogens is 292 g/mol. The zero-order valence-corrected chi connectivity index (χ0v) is 13.9. The van der Waals surface area contributed by atoms with E-state index in [1.165, 1.54) is 17.8 Å². The lowest BCUT2D eigenvalue weighted by Gasteiger charge is -2.34. The molecule has 0 saturated heterocycles. The van der Waals surface area contributed by atoms with Crippen LogP contribution in [0.3, 0.4) is 0 Å². The summed E-state index contributed by atoms with van der Waals surface area (Å²) < 4.78 is 28.2. The van der Waals surface area contributed by atoms with Gasteiger partial charge in [-0.05, 0) is 37.8 Å². The molecule has 0 radical (unpaired) electrons. The molecule has 0 spiro atoms. The van der Waals surface area contributed by atoms with Gasteiger partial charge in [0.1, 0.15) is 0 Å². The molecule has 0 bridgehead atoms. The molecule has 0 atom stereocenters. The Hall–Kier alpha value is -0.430. The topological polar surface area (TPSA) is 58.2 Å². The lowest BCUT2D eigenvalue weighted by molar-refractivity contribution is 0.294. The number of thiophene rings is 1. The fourth-order valence-corrected chi connectivity index (χ4v) is 5.63. The number of hydrogen-bond acceptors (Lipinski definition) is 4. The summed E-state index contributed by atoms with van der Waals surface area (Å²) in [6.45, 7) is 5.49. The predicted octanol–water partition coefficient (Wildman–Crippen LogP) is 2.86. The van der Waals surface area contributed by atoms with Gasteiger partial charge in [-0.15, -0.1) is 11.3 Å². The molecule has 0 unspecified atom stereocenters. The van der Waals surface area contributed by atoms with Crippen LogP contribution < -0.4 is 10.0 Å². The summed E-state index contributed by atoms with van der Waals surface area (Å²) in [6, 6.07) is 1.71. The van der Waals surface area contributed by atoms with E-state index in [9.17, 15) is 8.42 Å². The largest absolute Gasteiger partial charge is 0.312 e.